The highest BCUT2D eigenvalue weighted by atomic mass is 35.5. The van der Waals surface area contributed by atoms with Crippen molar-refractivity contribution in [2.24, 2.45) is 0 Å². The van der Waals surface area contributed by atoms with E-state index in [4.69, 9.17) is 16.9 Å². The molecule has 4 aromatic rings. The normalized spacial score (nSPS) is 10.7. The number of aromatic nitrogens is 4. The molecule has 2 aromatic carbocycles. The lowest BCUT2D eigenvalue weighted by Gasteiger charge is -2.08. The Morgan fingerprint density at radius 3 is 2.78 bits per heavy atom. The van der Waals surface area contributed by atoms with Crippen molar-refractivity contribution in [2.45, 2.75) is 20.0 Å². The number of H-pyrrole nitrogens is 1. The third-order valence-corrected chi connectivity index (χ3v) is 5.18. The molecule has 0 radical (unpaired) electrons. The van der Waals surface area contributed by atoms with Gasteiger partial charge >= 0.3 is 0 Å². The van der Waals surface area contributed by atoms with Crippen LogP contribution in [0.2, 0.25) is 5.02 Å². The molecule has 160 valence electrons. The van der Waals surface area contributed by atoms with Gasteiger partial charge in [-0.15, -0.1) is 0 Å². The number of nitrogens with one attached hydrogen (secondary N) is 2. The Balaban J connectivity index is 1.41. The largest absolute Gasteiger partial charge is 0.346 e. The molecule has 0 aliphatic rings. The van der Waals surface area contributed by atoms with E-state index in [0.29, 0.717) is 28.4 Å². The van der Waals surface area contributed by atoms with E-state index >= 15 is 0 Å². The second-order valence-corrected chi connectivity index (χ2v) is 7.66. The number of nitrogens with zero attached hydrogens (tertiary/aromatic N) is 4. The van der Waals surface area contributed by atoms with Crippen LogP contribution in [0.5, 0.6) is 0 Å². The second kappa shape index (κ2) is 9.04. The molecule has 1 amide bonds. The number of halogens is 2. The molecule has 0 unspecified atom stereocenters. The molecule has 0 spiro atoms. The van der Waals surface area contributed by atoms with Crippen LogP contribution in [0.1, 0.15) is 32.9 Å². The number of hydrogen-bond acceptors (Lipinski definition) is 4. The zero-order chi connectivity index (χ0) is 22.7. The molecule has 0 bridgehead atoms. The van der Waals surface area contributed by atoms with Crippen LogP contribution >= 0.6 is 11.6 Å². The maximum atomic E-state index is 14.6. The minimum Gasteiger partial charge on any atom is -0.346 e. The Labute approximate surface area is 188 Å². The van der Waals surface area contributed by atoms with E-state index < -0.39 is 5.82 Å². The fourth-order valence-corrected chi connectivity index (χ4v) is 3.41. The molecule has 0 fully saturated rings. The quantitative estimate of drug-likeness (QED) is 0.461. The van der Waals surface area contributed by atoms with Crippen LogP contribution in [0.3, 0.4) is 0 Å². The number of benzene rings is 2. The van der Waals surface area contributed by atoms with Crippen molar-refractivity contribution in [3.05, 3.63) is 93.6 Å². The van der Waals surface area contributed by atoms with Crippen molar-refractivity contribution >= 4 is 17.5 Å². The summed E-state index contributed by atoms with van der Waals surface area (Å²) in [7, 11) is 0. The van der Waals surface area contributed by atoms with Crippen LogP contribution in [0, 0.1) is 24.1 Å². The molecule has 0 aliphatic heterocycles. The molecule has 32 heavy (non-hydrogen) atoms. The summed E-state index contributed by atoms with van der Waals surface area (Å²) in [6.45, 7) is 2.23. The van der Waals surface area contributed by atoms with Gasteiger partial charge in [0.25, 0.3) is 5.91 Å². The second-order valence-electron chi connectivity index (χ2n) is 7.25. The third kappa shape index (κ3) is 4.68. The predicted octanol–water partition coefficient (Wildman–Crippen LogP) is 4.22. The lowest BCUT2D eigenvalue weighted by Crippen LogP contribution is -2.23. The van der Waals surface area contributed by atoms with Gasteiger partial charge in [0.1, 0.15) is 17.6 Å². The highest BCUT2D eigenvalue weighted by Crippen LogP contribution is 2.24. The number of aromatic amines is 1. The molecular weight excluding hydrogens is 431 g/mol. The highest BCUT2D eigenvalue weighted by molar-refractivity contribution is 6.32. The van der Waals surface area contributed by atoms with Gasteiger partial charge in [0, 0.05) is 29.6 Å². The summed E-state index contributed by atoms with van der Waals surface area (Å²) >= 11 is 6.10. The zero-order valence-electron chi connectivity index (χ0n) is 17.1. The minimum atomic E-state index is -0.410. The molecule has 7 nitrogen and oxygen atoms in total. The van der Waals surface area contributed by atoms with E-state index in [0.717, 1.165) is 16.8 Å². The van der Waals surface area contributed by atoms with E-state index in [9.17, 15) is 9.18 Å². The standard InChI is InChI=1S/C23H18ClFN6O/c1-14-8-22(29-28-14)23(32)27-12-18-3-2-15(9-20(18)25)13-31-7-6-21(30-31)16-4-5-17(11-26)19(24)10-16/h2-10H,12-13H2,1H3,(H,27,32)(H,28,29). The van der Waals surface area contributed by atoms with E-state index in [1.807, 2.05) is 12.1 Å². The van der Waals surface area contributed by atoms with Gasteiger partial charge < -0.3 is 5.32 Å². The Kier molecular flexibility index (Phi) is 6.01. The fraction of sp³-hybridized carbons (Fsp3) is 0.130. The van der Waals surface area contributed by atoms with E-state index in [-0.39, 0.29) is 18.1 Å². The van der Waals surface area contributed by atoms with Crippen molar-refractivity contribution in [3.63, 3.8) is 0 Å². The molecule has 0 atom stereocenters. The van der Waals surface area contributed by atoms with Gasteiger partial charge in [0.05, 0.1) is 22.8 Å². The summed E-state index contributed by atoms with van der Waals surface area (Å²) in [4.78, 5) is 12.1. The van der Waals surface area contributed by atoms with Gasteiger partial charge in [-0.25, -0.2) is 4.39 Å². The average Bonchev–Trinajstić information content (AvgIpc) is 3.42. The Bertz CT molecular complexity index is 1340. The number of hydrogen-bond donors (Lipinski definition) is 2. The van der Waals surface area contributed by atoms with Crippen molar-refractivity contribution in [2.75, 3.05) is 0 Å². The number of nitriles is 1. The van der Waals surface area contributed by atoms with Crippen LogP contribution in [0.25, 0.3) is 11.3 Å². The van der Waals surface area contributed by atoms with Gasteiger partial charge in [-0.3, -0.25) is 14.6 Å². The van der Waals surface area contributed by atoms with Gasteiger partial charge in [-0.2, -0.15) is 15.5 Å². The molecule has 9 heteroatoms. The first-order valence-electron chi connectivity index (χ1n) is 9.74. The summed E-state index contributed by atoms with van der Waals surface area (Å²) in [5, 5.41) is 23.1. The number of carbonyl (C=O) groups excluding carboxylic acids is 1. The van der Waals surface area contributed by atoms with Gasteiger partial charge in [0.2, 0.25) is 0 Å². The van der Waals surface area contributed by atoms with Crippen LogP contribution in [0.15, 0.2) is 54.7 Å². The molecule has 0 aliphatic carbocycles. The Morgan fingerprint density at radius 1 is 1.25 bits per heavy atom. The molecule has 2 heterocycles. The van der Waals surface area contributed by atoms with Gasteiger partial charge in [-0.1, -0.05) is 29.8 Å². The first-order valence-corrected chi connectivity index (χ1v) is 10.1. The van der Waals surface area contributed by atoms with Gasteiger partial charge in [0.15, 0.2) is 0 Å². The molecule has 0 saturated heterocycles. The third-order valence-electron chi connectivity index (χ3n) is 4.87. The molecule has 2 aromatic heterocycles. The fourth-order valence-electron chi connectivity index (χ4n) is 3.19. The smallest absolute Gasteiger partial charge is 0.272 e. The maximum Gasteiger partial charge on any atom is 0.272 e. The lowest BCUT2D eigenvalue weighted by atomic mass is 10.1. The summed E-state index contributed by atoms with van der Waals surface area (Å²) in [6.07, 6.45) is 1.79. The van der Waals surface area contributed by atoms with E-state index in [1.54, 1.807) is 54.2 Å². The Morgan fingerprint density at radius 2 is 2.09 bits per heavy atom. The van der Waals surface area contributed by atoms with E-state index in [1.165, 1.54) is 6.07 Å². The summed E-state index contributed by atoms with van der Waals surface area (Å²) in [6, 6.07) is 15.5. The summed E-state index contributed by atoms with van der Waals surface area (Å²) < 4.78 is 16.2. The van der Waals surface area contributed by atoms with Crippen LogP contribution in [-0.2, 0) is 13.1 Å². The average molecular weight is 449 g/mol. The van der Waals surface area contributed by atoms with Crippen molar-refractivity contribution in [3.8, 4) is 17.3 Å². The summed E-state index contributed by atoms with van der Waals surface area (Å²) in [5.74, 6) is -0.780. The highest BCUT2D eigenvalue weighted by Gasteiger charge is 2.11. The maximum absolute atomic E-state index is 14.6. The lowest BCUT2D eigenvalue weighted by molar-refractivity contribution is 0.0945. The van der Waals surface area contributed by atoms with E-state index in [2.05, 4.69) is 20.6 Å². The van der Waals surface area contributed by atoms with Crippen molar-refractivity contribution in [1.82, 2.24) is 25.3 Å². The number of carbonyl (C=O) groups is 1. The minimum absolute atomic E-state index is 0.0578. The number of amides is 1. The molecular formula is C23H18ClFN6O. The predicted molar refractivity (Wildman–Crippen MR) is 117 cm³/mol. The number of rotatable bonds is 6. The van der Waals surface area contributed by atoms with Crippen molar-refractivity contribution < 1.29 is 9.18 Å². The topological polar surface area (TPSA) is 99.4 Å². The number of aryl methyl sites for hydroxylation is 1. The summed E-state index contributed by atoms with van der Waals surface area (Å²) in [5.41, 5.74) is 4.03. The first-order chi connectivity index (χ1) is 15.4. The van der Waals surface area contributed by atoms with Crippen molar-refractivity contribution in [1.29, 1.82) is 5.26 Å². The molecule has 0 saturated carbocycles. The zero-order valence-corrected chi connectivity index (χ0v) is 17.8. The monoisotopic (exact) mass is 448 g/mol. The first kappa shape index (κ1) is 21.3. The molecule has 2 N–H and O–H groups in total. The van der Waals surface area contributed by atoms with Gasteiger partial charge in [-0.05, 0) is 42.8 Å². The van der Waals surface area contributed by atoms with Crippen LogP contribution < -0.4 is 5.32 Å². The SMILES string of the molecule is Cc1cc(C(=O)NCc2ccc(Cn3ccc(-c4ccc(C#N)c(Cl)c4)n3)cc2F)n[nH]1. The molecule has 4 rings (SSSR count). The van der Waals surface area contributed by atoms with Crippen LogP contribution in [-0.4, -0.2) is 25.9 Å². The Hall–Kier alpha value is -3.96. The van der Waals surface area contributed by atoms with Crippen LogP contribution in [0.4, 0.5) is 4.39 Å².